The monoisotopic (exact) mass is 422 g/mol. The summed E-state index contributed by atoms with van der Waals surface area (Å²) in [5.41, 5.74) is 0.915. The van der Waals surface area contributed by atoms with Gasteiger partial charge in [0.05, 0.1) is 18.0 Å². The van der Waals surface area contributed by atoms with Crippen molar-refractivity contribution in [3.63, 3.8) is 0 Å². The minimum absolute atomic E-state index is 0.0147. The number of nitrogens with one attached hydrogen (secondary N) is 1. The van der Waals surface area contributed by atoms with Gasteiger partial charge in [-0.25, -0.2) is 12.8 Å². The number of para-hydroxylation sites is 1. The van der Waals surface area contributed by atoms with E-state index in [1.54, 1.807) is 6.07 Å². The van der Waals surface area contributed by atoms with Crippen molar-refractivity contribution in [2.75, 3.05) is 17.1 Å². The van der Waals surface area contributed by atoms with E-state index in [9.17, 15) is 17.6 Å². The molecule has 0 aromatic heterocycles. The zero-order chi connectivity index (χ0) is 21.4. The molecule has 2 aromatic carbocycles. The van der Waals surface area contributed by atoms with E-state index in [-0.39, 0.29) is 37.1 Å². The lowest BCUT2D eigenvalue weighted by Gasteiger charge is -2.22. The standard InChI is InChI=1S/C21H27FN2O4S/c1-16(2)28-18-12-10-17(11-13-18)15-23-21(25)9-6-14-24(29(3,26)27)20-8-5-4-7-19(20)22/h4-5,7-8,10-13,16H,6,9,14-15H2,1-3H3,(H,23,25). The molecule has 0 radical (unpaired) electrons. The molecule has 0 heterocycles. The molecule has 1 N–H and O–H groups in total. The van der Waals surface area contributed by atoms with Gasteiger partial charge in [-0.2, -0.15) is 0 Å². The average Bonchev–Trinajstić information content (AvgIpc) is 2.64. The summed E-state index contributed by atoms with van der Waals surface area (Å²) in [5.74, 6) is -0.0501. The lowest BCUT2D eigenvalue weighted by molar-refractivity contribution is -0.121. The van der Waals surface area contributed by atoms with E-state index >= 15 is 0 Å². The highest BCUT2D eigenvalue weighted by Gasteiger charge is 2.20. The summed E-state index contributed by atoms with van der Waals surface area (Å²) < 4.78 is 44.6. The molecule has 0 aliphatic carbocycles. The molecule has 2 aromatic rings. The van der Waals surface area contributed by atoms with Crippen LogP contribution >= 0.6 is 0 Å². The maximum Gasteiger partial charge on any atom is 0.232 e. The van der Waals surface area contributed by atoms with Crippen molar-refractivity contribution in [3.05, 3.63) is 59.9 Å². The number of anilines is 1. The molecule has 0 saturated heterocycles. The number of nitrogens with zero attached hydrogens (tertiary/aromatic N) is 1. The van der Waals surface area contributed by atoms with Crippen molar-refractivity contribution in [1.82, 2.24) is 5.32 Å². The number of hydrogen-bond donors (Lipinski definition) is 1. The highest BCUT2D eigenvalue weighted by molar-refractivity contribution is 7.92. The number of hydrogen-bond acceptors (Lipinski definition) is 4. The molecule has 6 nitrogen and oxygen atoms in total. The molecule has 0 saturated carbocycles. The number of amides is 1. The van der Waals surface area contributed by atoms with E-state index < -0.39 is 15.8 Å². The minimum Gasteiger partial charge on any atom is -0.491 e. The largest absolute Gasteiger partial charge is 0.491 e. The van der Waals surface area contributed by atoms with Crippen LogP contribution in [0, 0.1) is 5.82 Å². The predicted octanol–water partition coefficient (Wildman–Crippen LogP) is 3.48. The number of halogens is 1. The first-order valence-corrected chi connectivity index (χ1v) is 11.3. The lowest BCUT2D eigenvalue weighted by Crippen LogP contribution is -2.32. The molecule has 0 spiro atoms. The minimum atomic E-state index is -3.66. The maximum absolute atomic E-state index is 14.0. The van der Waals surface area contributed by atoms with Gasteiger partial charge in [-0.15, -0.1) is 0 Å². The molecule has 158 valence electrons. The molecule has 29 heavy (non-hydrogen) atoms. The van der Waals surface area contributed by atoms with Gasteiger partial charge in [-0.1, -0.05) is 24.3 Å². The predicted molar refractivity (Wildman–Crippen MR) is 112 cm³/mol. The van der Waals surface area contributed by atoms with Crippen LogP contribution in [0.3, 0.4) is 0 Å². The molecule has 0 aliphatic rings. The number of carbonyl (C=O) groups is 1. The van der Waals surface area contributed by atoms with Crippen LogP contribution in [-0.2, 0) is 21.4 Å². The summed E-state index contributed by atoms with van der Waals surface area (Å²) in [4.78, 5) is 12.1. The topological polar surface area (TPSA) is 75.7 Å². The van der Waals surface area contributed by atoms with Gasteiger partial charge in [0.25, 0.3) is 0 Å². The smallest absolute Gasteiger partial charge is 0.232 e. The van der Waals surface area contributed by atoms with E-state index in [0.717, 1.165) is 21.9 Å². The van der Waals surface area contributed by atoms with Crippen molar-refractivity contribution in [3.8, 4) is 5.75 Å². The molecule has 0 aliphatic heterocycles. The van der Waals surface area contributed by atoms with Crippen molar-refractivity contribution < 1.29 is 22.3 Å². The molecule has 0 unspecified atom stereocenters. The van der Waals surface area contributed by atoms with Crippen LogP contribution in [0.2, 0.25) is 0 Å². The van der Waals surface area contributed by atoms with Crippen LogP contribution in [0.1, 0.15) is 32.3 Å². The Bertz CT molecular complexity index is 915. The Morgan fingerprint density at radius 3 is 2.38 bits per heavy atom. The highest BCUT2D eigenvalue weighted by Crippen LogP contribution is 2.21. The molecule has 2 rings (SSSR count). The van der Waals surface area contributed by atoms with Gasteiger partial charge in [0.2, 0.25) is 15.9 Å². The van der Waals surface area contributed by atoms with E-state index in [0.29, 0.717) is 6.54 Å². The summed E-state index contributed by atoms with van der Waals surface area (Å²) >= 11 is 0. The quantitative estimate of drug-likeness (QED) is 0.636. The second kappa shape index (κ2) is 10.2. The van der Waals surface area contributed by atoms with E-state index in [4.69, 9.17) is 4.74 Å². The lowest BCUT2D eigenvalue weighted by atomic mass is 10.2. The zero-order valence-corrected chi connectivity index (χ0v) is 17.7. The van der Waals surface area contributed by atoms with Crippen molar-refractivity contribution in [2.45, 2.75) is 39.3 Å². The first-order valence-electron chi connectivity index (χ1n) is 9.41. The second-order valence-corrected chi connectivity index (χ2v) is 8.88. The van der Waals surface area contributed by atoms with Crippen LogP contribution in [0.25, 0.3) is 0 Å². The van der Waals surface area contributed by atoms with Crippen LogP contribution < -0.4 is 14.4 Å². The Morgan fingerprint density at radius 1 is 1.14 bits per heavy atom. The molecule has 1 amide bonds. The number of rotatable bonds is 10. The Balaban J connectivity index is 1.84. The van der Waals surface area contributed by atoms with E-state index in [1.165, 1.54) is 18.2 Å². The molecular weight excluding hydrogens is 395 g/mol. The zero-order valence-electron chi connectivity index (χ0n) is 16.9. The number of sulfonamides is 1. The van der Waals surface area contributed by atoms with Gasteiger partial charge in [0.15, 0.2) is 0 Å². The van der Waals surface area contributed by atoms with Crippen LogP contribution in [-0.4, -0.2) is 33.2 Å². The molecule has 0 fully saturated rings. The first kappa shape index (κ1) is 22.7. The van der Waals surface area contributed by atoms with Crippen molar-refractivity contribution in [1.29, 1.82) is 0 Å². The third kappa shape index (κ3) is 7.38. The first-order chi connectivity index (χ1) is 13.7. The average molecular weight is 423 g/mol. The number of carbonyl (C=O) groups excluding carboxylic acids is 1. The SMILES string of the molecule is CC(C)Oc1ccc(CNC(=O)CCCN(c2ccccc2F)S(C)(=O)=O)cc1. The van der Waals surface area contributed by atoms with E-state index in [1.807, 2.05) is 38.1 Å². The summed E-state index contributed by atoms with van der Waals surface area (Å²) in [6.07, 6.45) is 1.52. The van der Waals surface area contributed by atoms with Gasteiger partial charge in [-0.3, -0.25) is 9.10 Å². The Hall–Kier alpha value is -2.61. The Kier molecular flexibility index (Phi) is 8.01. The second-order valence-electron chi connectivity index (χ2n) is 6.98. The maximum atomic E-state index is 14.0. The van der Waals surface area contributed by atoms with Crippen LogP contribution in [0.4, 0.5) is 10.1 Å². The molecule has 0 bridgehead atoms. The van der Waals surface area contributed by atoms with Gasteiger partial charge >= 0.3 is 0 Å². The fourth-order valence-corrected chi connectivity index (χ4v) is 3.72. The molecule has 0 atom stereocenters. The summed E-state index contributed by atoms with van der Waals surface area (Å²) in [5, 5.41) is 2.80. The van der Waals surface area contributed by atoms with E-state index in [2.05, 4.69) is 5.32 Å². The number of benzene rings is 2. The number of ether oxygens (including phenoxy) is 1. The summed E-state index contributed by atoms with van der Waals surface area (Å²) in [6, 6.07) is 13.1. The molecule has 8 heteroatoms. The fourth-order valence-electron chi connectivity index (χ4n) is 2.75. The summed E-state index contributed by atoms with van der Waals surface area (Å²) in [6.45, 7) is 4.29. The Morgan fingerprint density at radius 2 is 1.79 bits per heavy atom. The van der Waals surface area contributed by atoms with Gasteiger partial charge in [-0.05, 0) is 50.1 Å². The third-order valence-corrected chi connectivity index (χ3v) is 5.25. The van der Waals surface area contributed by atoms with Gasteiger partial charge < -0.3 is 10.1 Å². The van der Waals surface area contributed by atoms with Crippen LogP contribution in [0.5, 0.6) is 5.75 Å². The van der Waals surface area contributed by atoms with Gasteiger partial charge in [0, 0.05) is 19.5 Å². The van der Waals surface area contributed by atoms with Gasteiger partial charge in [0.1, 0.15) is 11.6 Å². The highest BCUT2D eigenvalue weighted by atomic mass is 32.2. The fraction of sp³-hybridized carbons (Fsp3) is 0.381. The van der Waals surface area contributed by atoms with Crippen molar-refractivity contribution >= 4 is 21.6 Å². The Labute approximate surface area is 171 Å². The summed E-state index contributed by atoms with van der Waals surface area (Å²) in [7, 11) is -3.66. The third-order valence-electron chi connectivity index (χ3n) is 4.07. The molecular formula is C21H27FN2O4S. The van der Waals surface area contributed by atoms with Crippen molar-refractivity contribution in [2.24, 2.45) is 0 Å². The van der Waals surface area contributed by atoms with Crippen LogP contribution in [0.15, 0.2) is 48.5 Å². The normalized spacial score (nSPS) is 11.3.